The van der Waals surface area contributed by atoms with Crippen LogP contribution in [0, 0.1) is 0 Å². The molecular formula is C15H15F3N6O. The van der Waals surface area contributed by atoms with E-state index in [1.165, 1.54) is 6.21 Å². The highest BCUT2D eigenvalue weighted by Crippen LogP contribution is 2.28. The Morgan fingerprint density at radius 2 is 1.80 bits per heavy atom. The molecule has 0 amide bonds. The lowest BCUT2D eigenvalue weighted by molar-refractivity contribution is -0.144. The van der Waals surface area contributed by atoms with Gasteiger partial charge in [0, 0.05) is 13.1 Å². The van der Waals surface area contributed by atoms with Crippen molar-refractivity contribution >= 4 is 18.1 Å². The van der Waals surface area contributed by atoms with E-state index in [1.807, 2.05) is 18.2 Å². The molecule has 2 aromatic rings. The summed E-state index contributed by atoms with van der Waals surface area (Å²) in [6, 6.07) is 9.10. The maximum Gasteiger partial charge on any atom is 0.451 e. The second-order valence-corrected chi connectivity index (χ2v) is 5.16. The zero-order valence-corrected chi connectivity index (χ0v) is 13.1. The van der Waals surface area contributed by atoms with Crippen molar-refractivity contribution in [3.05, 3.63) is 41.7 Å². The van der Waals surface area contributed by atoms with Gasteiger partial charge in [0.2, 0.25) is 17.7 Å². The van der Waals surface area contributed by atoms with Gasteiger partial charge < -0.3 is 9.64 Å². The van der Waals surface area contributed by atoms with Crippen molar-refractivity contribution in [3.63, 3.8) is 0 Å². The van der Waals surface area contributed by atoms with Crippen LogP contribution in [-0.4, -0.2) is 47.5 Å². The van der Waals surface area contributed by atoms with Crippen molar-refractivity contribution in [1.82, 2.24) is 15.0 Å². The molecule has 0 radical (unpaired) electrons. The van der Waals surface area contributed by atoms with Gasteiger partial charge in [-0.05, 0) is 5.56 Å². The number of nitrogens with one attached hydrogen (secondary N) is 1. The standard InChI is InChI=1S/C15H15F3N6O/c16-15(17,18)12-20-13(23-19-10-11-4-2-1-3-5-11)22-14(21-12)24-6-8-25-9-7-24/h1-5,10H,6-9H2,(H,20,21,22,23)/b19-10+. The van der Waals surface area contributed by atoms with Crippen LogP contribution >= 0.6 is 0 Å². The van der Waals surface area contributed by atoms with Gasteiger partial charge in [0.25, 0.3) is 0 Å². The minimum atomic E-state index is -4.68. The number of ether oxygens (including phenoxy) is 1. The molecule has 0 saturated carbocycles. The quantitative estimate of drug-likeness (QED) is 0.671. The summed E-state index contributed by atoms with van der Waals surface area (Å²) in [5, 5.41) is 3.88. The number of hydrogen-bond acceptors (Lipinski definition) is 7. The van der Waals surface area contributed by atoms with Crippen LogP contribution in [0.15, 0.2) is 35.4 Å². The molecule has 1 aliphatic heterocycles. The van der Waals surface area contributed by atoms with E-state index in [2.05, 4.69) is 25.5 Å². The minimum absolute atomic E-state index is 0.0527. The fourth-order valence-corrected chi connectivity index (χ4v) is 2.15. The lowest BCUT2D eigenvalue weighted by Crippen LogP contribution is -2.38. The van der Waals surface area contributed by atoms with Gasteiger partial charge in [0.05, 0.1) is 19.4 Å². The van der Waals surface area contributed by atoms with Crippen molar-refractivity contribution in [2.24, 2.45) is 5.10 Å². The summed E-state index contributed by atoms with van der Waals surface area (Å²) in [6.45, 7) is 1.63. The number of nitrogens with zero attached hydrogens (tertiary/aromatic N) is 5. The molecule has 1 N–H and O–H groups in total. The van der Waals surface area contributed by atoms with E-state index in [0.717, 1.165) is 5.56 Å². The van der Waals surface area contributed by atoms with Crippen LogP contribution in [0.1, 0.15) is 11.4 Å². The third-order valence-corrected chi connectivity index (χ3v) is 3.35. The lowest BCUT2D eigenvalue weighted by Gasteiger charge is -2.27. The molecule has 0 aliphatic carbocycles. The Morgan fingerprint density at radius 3 is 2.48 bits per heavy atom. The van der Waals surface area contributed by atoms with E-state index in [4.69, 9.17) is 4.74 Å². The first-order chi connectivity index (χ1) is 12.0. The van der Waals surface area contributed by atoms with Crippen LogP contribution < -0.4 is 10.3 Å². The van der Waals surface area contributed by atoms with Crippen molar-refractivity contribution in [2.45, 2.75) is 6.18 Å². The number of alkyl halides is 3. The molecule has 10 heteroatoms. The number of hydrazone groups is 1. The Kier molecular flexibility index (Phi) is 5.08. The molecular weight excluding hydrogens is 337 g/mol. The average Bonchev–Trinajstić information content (AvgIpc) is 2.62. The summed E-state index contributed by atoms with van der Waals surface area (Å²) in [7, 11) is 0. The first-order valence-corrected chi connectivity index (χ1v) is 7.52. The third kappa shape index (κ3) is 4.63. The molecule has 0 atom stereocenters. The highest BCUT2D eigenvalue weighted by molar-refractivity contribution is 5.79. The number of benzene rings is 1. The third-order valence-electron chi connectivity index (χ3n) is 3.35. The van der Waals surface area contributed by atoms with Crippen LogP contribution in [0.2, 0.25) is 0 Å². The Hall–Kier alpha value is -2.75. The molecule has 132 valence electrons. The fourth-order valence-electron chi connectivity index (χ4n) is 2.15. The second kappa shape index (κ2) is 7.43. The second-order valence-electron chi connectivity index (χ2n) is 5.16. The normalized spacial score (nSPS) is 15.6. The van der Waals surface area contributed by atoms with Gasteiger partial charge in [-0.3, -0.25) is 0 Å². The van der Waals surface area contributed by atoms with Gasteiger partial charge in [-0.15, -0.1) is 0 Å². The summed E-state index contributed by atoms with van der Waals surface area (Å²) >= 11 is 0. The van der Waals surface area contributed by atoms with E-state index in [1.54, 1.807) is 17.0 Å². The number of aromatic nitrogens is 3. The highest BCUT2D eigenvalue weighted by atomic mass is 19.4. The van der Waals surface area contributed by atoms with E-state index in [0.29, 0.717) is 26.3 Å². The highest BCUT2D eigenvalue weighted by Gasteiger charge is 2.36. The van der Waals surface area contributed by atoms with E-state index in [-0.39, 0.29) is 11.9 Å². The van der Waals surface area contributed by atoms with Crippen LogP contribution in [-0.2, 0) is 10.9 Å². The average molecular weight is 352 g/mol. The molecule has 1 aromatic heterocycles. The summed E-state index contributed by atoms with van der Waals surface area (Å²) in [5.41, 5.74) is 3.22. The van der Waals surface area contributed by atoms with Gasteiger partial charge in [-0.1, -0.05) is 30.3 Å². The number of hydrogen-bond donors (Lipinski definition) is 1. The Morgan fingerprint density at radius 1 is 1.08 bits per heavy atom. The van der Waals surface area contributed by atoms with Crippen LogP contribution in [0.4, 0.5) is 25.1 Å². The number of halogens is 3. The molecule has 1 aliphatic rings. The van der Waals surface area contributed by atoms with E-state index >= 15 is 0 Å². The molecule has 1 fully saturated rings. The number of morpholine rings is 1. The zero-order valence-electron chi connectivity index (χ0n) is 13.1. The van der Waals surface area contributed by atoms with Crippen LogP contribution in [0.25, 0.3) is 0 Å². The first kappa shape index (κ1) is 17.1. The van der Waals surface area contributed by atoms with Crippen molar-refractivity contribution < 1.29 is 17.9 Å². The summed E-state index contributed by atoms with van der Waals surface area (Å²) in [4.78, 5) is 12.6. The molecule has 1 saturated heterocycles. The number of rotatable bonds is 4. The maximum atomic E-state index is 13.0. The Bertz CT molecular complexity index is 732. The van der Waals surface area contributed by atoms with Crippen molar-refractivity contribution in [2.75, 3.05) is 36.6 Å². The topological polar surface area (TPSA) is 75.5 Å². The lowest BCUT2D eigenvalue weighted by atomic mass is 10.2. The van der Waals surface area contributed by atoms with Gasteiger partial charge in [-0.2, -0.15) is 33.2 Å². The van der Waals surface area contributed by atoms with Gasteiger partial charge in [-0.25, -0.2) is 5.43 Å². The molecule has 3 rings (SSSR count). The van der Waals surface area contributed by atoms with Crippen LogP contribution in [0.5, 0.6) is 0 Å². The fraction of sp³-hybridized carbons (Fsp3) is 0.333. The predicted molar refractivity (Wildman–Crippen MR) is 85.5 cm³/mol. The van der Waals surface area contributed by atoms with Crippen molar-refractivity contribution in [3.8, 4) is 0 Å². The molecule has 7 nitrogen and oxygen atoms in total. The SMILES string of the molecule is FC(F)(F)c1nc(N/N=C/c2ccccc2)nc(N2CCOCC2)n1. The molecule has 0 bridgehead atoms. The van der Waals surface area contributed by atoms with E-state index < -0.39 is 12.0 Å². The Balaban J connectivity index is 1.83. The summed E-state index contributed by atoms with van der Waals surface area (Å²) in [5.74, 6) is -1.58. The molecule has 0 spiro atoms. The van der Waals surface area contributed by atoms with Gasteiger partial charge in [0.15, 0.2) is 0 Å². The van der Waals surface area contributed by atoms with Gasteiger partial charge in [0.1, 0.15) is 0 Å². The smallest absolute Gasteiger partial charge is 0.378 e. The van der Waals surface area contributed by atoms with E-state index in [9.17, 15) is 13.2 Å². The van der Waals surface area contributed by atoms with Crippen molar-refractivity contribution in [1.29, 1.82) is 0 Å². The molecule has 0 unspecified atom stereocenters. The van der Waals surface area contributed by atoms with Gasteiger partial charge >= 0.3 is 6.18 Å². The molecule has 2 heterocycles. The maximum absolute atomic E-state index is 13.0. The first-order valence-electron chi connectivity index (χ1n) is 7.52. The minimum Gasteiger partial charge on any atom is -0.378 e. The summed E-state index contributed by atoms with van der Waals surface area (Å²) in [6.07, 6.45) is -3.21. The Labute approximate surface area is 141 Å². The van der Waals surface area contributed by atoms with Crippen LogP contribution in [0.3, 0.4) is 0 Å². The molecule has 25 heavy (non-hydrogen) atoms. The monoisotopic (exact) mass is 352 g/mol. The predicted octanol–water partition coefficient (Wildman–Crippen LogP) is 2.17. The molecule has 1 aromatic carbocycles. The largest absolute Gasteiger partial charge is 0.451 e. The zero-order chi connectivity index (χ0) is 17.7. The number of anilines is 2. The summed E-state index contributed by atoms with van der Waals surface area (Å²) < 4.78 is 44.3.